The normalized spacial score (nSPS) is 18.0. The van der Waals surface area contributed by atoms with Crippen LogP contribution in [0.15, 0.2) is 41.3 Å². The highest BCUT2D eigenvalue weighted by Gasteiger charge is 2.37. The van der Waals surface area contributed by atoms with E-state index in [1.54, 1.807) is 13.2 Å². The zero-order valence-electron chi connectivity index (χ0n) is 18.2. The quantitative estimate of drug-likeness (QED) is 0.224. The van der Waals surface area contributed by atoms with Crippen LogP contribution in [0, 0.1) is 14.9 Å². The van der Waals surface area contributed by atoms with Crippen molar-refractivity contribution in [3.8, 4) is 17.6 Å². The molecule has 2 aromatic carbocycles. The van der Waals surface area contributed by atoms with Gasteiger partial charge in [-0.2, -0.15) is 5.26 Å². The summed E-state index contributed by atoms with van der Waals surface area (Å²) in [7, 11) is 1.59. The van der Waals surface area contributed by atoms with E-state index in [-0.39, 0.29) is 18.6 Å². The molecule has 0 spiro atoms. The Hall–Kier alpha value is -2.09. The topological polar surface area (TPSA) is 62.6 Å². The maximum Gasteiger partial charge on any atom is 0.266 e. The molecular formula is C25H23IN2O3S2. The van der Waals surface area contributed by atoms with Crippen molar-refractivity contribution in [1.29, 1.82) is 5.26 Å². The molecule has 0 atom stereocenters. The van der Waals surface area contributed by atoms with Gasteiger partial charge in [0, 0.05) is 11.6 Å². The van der Waals surface area contributed by atoms with Crippen molar-refractivity contribution in [1.82, 2.24) is 4.90 Å². The Balaban J connectivity index is 1.55. The molecule has 2 aromatic rings. The lowest BCUT2D eigenvalue weighted by atomic mass is 9.94. The number of rotatable bonds is 6. The molecule has 1 amide bonds. The lowest BCUT2D eigenvalue weighted by molar-refractivity contribution is -0.124. The molecule has 170 valence electrons. The SMILES string of the molecule is COc1cc(/C=C2\SC(=S)N(C3CCCCC3)C2=O)cc(I)c1OCc1ccccc1C#N. The number of nitriles is 1. The number of nitrogens with zero attached hydrogens (tertiary/aromatic N) is 2. The number of halogens is 1. The van der Waals surface area contributed by atoms with Crippen LogP contribution in [-0.4, -0.2) is 28.3 Å². The second kappa shape index (κ2) is 10.9. The molecule has 1 saturated heterocycles. The van der Waals surface area contributed by atoms with E-state index >= 15 is 0 Å². The lowest BCUT2D eigenvalue weighted by Crippen LogP contribution is -2.39. The zero-order valence-corrected chi connectivity index (χ0v) is 22.0. The number of benzene rings is 2. The smallest absolute Gasteiger partial charge is 0.266 e. The van der Waals surface area contributed by atoms with Crippen LogP contribution >= 0.6 is 46.6 Å². The summed E-state index contributed by atoms with van der Waals surface area (Å²) in [5, 5.41) is 9.30. The number of hydrogen-bond donors (Lipinski definition) is 0. The molecule has 0 unspecified atom stereocenters. The summed E-state index contributed by atoms with van der Waals surface area (Å²) in [6.07, 6.45) is 7.45. The molecule has 0 bridgehead atoms. The largest absolute Gasteiger partial charge is 0.493 e. The predicted octanol–water partition coefficient (Wildman–Crippen LogP) is 6.28. The highest BCUT2D eigenvalue weighted by Crippen LogP contribution is 2.39. The summed E-state index contributed by atoms with van der Waals surface area (Å²) in [4.78, 5) is 15.6. The van der Waals surface area contributed by atoms with E-state index in [0.29, 0.717) is 26.3 Å². The molecule has 0 aromatic heterocycles. The third kappa shape index (κ3) is 5.36. The zero-order chi connectivity index (χ0) is 23.4. The Morgan fingerprint density at radius 1 is 1.27 bits per heavy atom. The van der Waals surface area contributed by atoms with Crippen molar-refractivity contribution in [2.75, 3.05) is 7.11 Å². The van der Waals surface area contributed by atoms with Crippen LogP contribution in [0.1, 0.15) is 48.8 Å². The highest BCUT2D eigenvalue weighted by atomic mass is 127. The number of hydrogen-bond acceptors (Lipinski definition) is 6. The number of methoxy groups -OCH3 is 1. The number of thioether (sulfide) groups is 1. The van der Waals surface area contributed by atoms with Crippen LogP contribution in [0.25, 0.3) is 6.08 Å². The van der Waals surface area contributed by atoms with Crippen molar-refractivity contribution in [2.45, 2.75) is 44.8 Å². The first-order valence-electron chi connectivity index (χ1n) is 10.8. The predicted molar refractivity (Wildman–Crippen MR) is 143 cm³/mol. The van der Waals surface area contributed by atoms with E-state index in [9.17, 15) is 10.1 Å². The van der Waals surface area contributed by atoms with Gasteiger partial charge >= 0.3 is 0 Å². The molecule has 1 aliphatic carbocycles. The monoisotopic (exact) mass is 590 g/mol. The van der Waals surface area contributed by atoms with E-state index in [1.807, 2.05) is 41.3 Å². The van der Waals surface area contributed by atoms with Crippen LogP contribution in [0.5, 0.6) is 11.5 Å². The molecule has 0 N–H and O–H groups in total. The molecule has 4 rings (SSSR count). The van der Waals surface area contributed by atoms with Gasteiger partial charge in [-0.1, -0.05) is 61.4 Å². The van der Waals surface area contributed by atoms with Crippen LogP contribution in [0.4, 0.5) is 0 Å². The van der Waals surface area contributed by atoms with E-state index in [4.69, 9.17) is 21.7 Å². The van der Waals surface area contributed by atoms with Crippen molar-refractivity contribution in [2.24, 2.45) is 0 Å². The van der Waals surface area contributed by atoms with Gasteiger partial charge in [-0.3, -0.25) is 9.69 Å². The van der Waals surface area contributed by atoms with E-state index in [1.165, 1.54) is 18.2 Å². The Morgan fingerprint density at radius 3 is 2.76 bits per heavy atom. The first kappa shape index (κ1) is 24.0. The Labute approximate surface area is 217 Å². The van der Waals surface area contributed by atoms with Crippen LogP contribution in [-0.2, 0) is 11.4 Å². The number of thiocarbonyl (C=S) groups is 1. The molecule has 1 heterocycles. The summed E-state index contributed by atoms with van der Waals surface area (Å²) in [6, 6.07) is 13.6. The number of carbonyl (C=O) groups excluding carboxylic acids is 1. The van der Waals surface area contributed by atoms with E-state index in [2.05, 4.69) is 28.7 Å². The maximum atomic E-state index is 13.1. The summed E-state index contributed by atoms with van der Waals surface area (Å²) < 4.78 is 13.1. The molecule has 5 nitrogen and oxygen atoms in total. The fourth-order valence-electron chi connectivity index (χ4n) is 4.15. The number of carbonyl (C=O) groups is 1. The molecule has 1 aliphatic heterocycles. The highest BCUT2D eigenvalue weighted by molar-refractivity contribution is 14.1. The number of ether oxygens (including phenoxy) is 2. The summed E-state index contributed by atoms with van der Waals surface area (Å²) in [5.74, 6) is 1.18. The second-order valence-corrected chi connectivity index (χ2v) is 10.8. The van der Waals surface area contributed by atoms with Crippen LogP contribution < -0.4 is 9.47 Å². The standard InChI is InChI=1S/C25H23IN2O3S2/c1-30-21-12-16(11-20(26)23(21)31-15-18-8-6-5-7-17(18)14-27)13-22-24(29)28(25(32)33-22)19-9-3-2-4-10-19/h5-8,11-13,19H,2-4,9-10,15H2,1H3/b22-13-. The van der Waals surface area contributed by atoms with Gasteiger partial charge < -0.3 is 9.47 Å². The Morgan fingerprint density at radius 2 is 2.03 bits per heavy atom. The van der Waals surface area contributed by atoms with Gasteiger partial charge in [0.2, 0.25) is 0 Å². The Kier molecular flexibility index (Phi) is 7.94. The van der Waals surface area contributed by atoms with Crippen molar-refractivity contribution in [3.63, 3.8) is 0 Å². The third-order valence-electron chi connectivity index (χ3n) is 5.82. The molecule has 0 radical (unpaired) electrons. The third-order valence-corrected chi connectivity index (χ3v) is 7.95. The van der Waals surface area contributed by atoms with Gasteiger partial charge in [-0.15, -0.1) is 0 Å². The molecule has 2 fully saturated rings. The van der Waals surface area contributed by atoms with E-state index in [0.717, 1.165) is 40.4 Å². The van der Waals surface area contributed by atoms with Crippen LogP contribution in [0.3, 0.4) is 0 Å². The average Bonchev–Trinajstić information content (AvgIpc) is 3.11. The first-order valence-corrected chi connectivity index (χ1v) is 13.1. The minimum atomic E-state index is -0.000637. The fraction of sp³-hybridized carbons (Fsp3) is 0.320. The molecule has 8 heteroatoms. The van der Waals surface area contributed by atoms with Gasteiger partial charge in [0.15, 0.2) is 11.5 Å². The summed E-state index contributed by atoms with van der Waals surface area (Å²) >= 11 is 9.12. The van der Waals surface area contributed by atoms with Gasteiger partial charge in [0.05, 0.1) is 27.2 Å². The van der Waals surface area contributed by atoms with Crippen molar-refractivity contribution in [3.05, 3.63) is 61.6 Å². The number of amides is 1. The molecular weight excluding hydrogens is 567 g/mol. The minimum Gasteiger partial charge on any atom is -0.493 e. The summed E-state index contributed by atoms with van der Waals surface area (Å²) in [5.41, 5.74) is 2.25. The Bertz CT molecular complexity index is 1150. The fourth-order valence-corrected chi connectivity index (χ4v) is 6.34. The van der Waals surface area contributed by atoms with Crippen LogP contribution in [0.2, 0.25) is 0 Å². The van der Waals surface area contributed by atoms with Gasteiger partial charge in [-0.05, 0) is 65.3 Å². The average molecular weight is 591 g/mol. The van der Waals surface area contributed by atoms with Gasteiger partial charge in [-0.25, -0.2) is 0 Å². The van der Waals surface area contributed by atoms with Gasteiger partial charge in [0.1, 0.15) is 10.9 Å². The lowest BCUT2D eigenvalue weighted by Gasteiger charge is -2.29. The minimum absolute atomic E-state index is 0.000637. The van der Waals surface area contributed by atoms with E-state index < -0.39 is 0 Å². The molecule has 33 heavy (non-hydrogen) atoms. The maximum absolute atomic E-state index is 13.1. The second-order valence-electron chi connectivity index (χ2n) is 7.94. The van der Waals surface area contributed by atoms with Crippen molar-refractivity contribution >= 4 is 62.9 Å². The molecule has 1 saturated carbocycles. The summed E-state index contributed by atoms with van der Waals surface area (Å²) in [6.45, 7) is 0.259. The van der Waals surface area contributed by atoms with Crippen molar-refractivity contribution < 1.29 is 14.3 Å². The van der Waals surface area contributed by atoms with Gasteiger partial charge in [0.25, 0.3) is 5.91 Å². The first-order chi connectivity index (χ1) is 16.0. The molecule has 2 aliphatic rings.